The van der Waals surface area contributed by atoms with Gasteiger partial charge in [0.1, 0.15) is 5.82 Å². The molecule has 0 bridgehead atoms. The number of hydrogen-bond donors (Lipinski definition) is 3. The summed E-state index contributed by atoms with van der Waals surface area (Å²) in [5, 5.41) is 25.3. The van der Waals surface area contributed by atoms with Crippen molar-refractivity contribution in [1.82, 2.24) is 10.3 Å². The number of aliphatic hydroxyl groups excluding tert-OH is 1. The van der Waals surface area contributed by atoms with Gasteiger partial charge in [0.05, 0.1) is 4.92 Å². The summed E-state index contributed by atoms with van der Waals surface area (Å²) in [6.07, 6.45) is 5.84. The van der Waals surface area contributed by atoms with Gasteiger partial charge >= 0.3 is 6.03 Å². The Hall–Kier alpha value is -3.20. The van der Waals surface area contributed by atoms with Gasteiger partial charge in [0.25, 0.3) is 5.69 Å². The average molecular weight is 399 g/mol. The van der Waals surface area contributed by atoms with Crippen molar-refractivity contribution in [3.05, 3.63) is 58.3 Å². The number of anilines is 2. The number of pyridine rings is 1. The van der Waals surface area contributed by atoms with Gasteiger partial charge in [-0.1, -0.05) is 6.07 Å². The molecule has 3 N–H and O–H groups in total. The molecule has 0 saturated carbocycles. The fourth-order valence-corrected chi connectivity index (χ4v) is 3.47. The van der Waals surface area contributed by atoms with Gasteiger partial charge in [-0.3, -0.25) is 10.1 Å². The molecule has 1 aromatic heterocycles. The molecule has 9 heteroatoms. The summed E-state index contributed by atoms with van der Waals surface area (Å²) >= 11 is 0. The van der Waals surface area contributed by atoms with Crippen LogP contribution in [-0.2, 0) is 6.54 Å². The number of non-ortho nitro benzene ring substituents is 1. The van der Waals surface area contributed by atoms with Crippen molar-refractivity contribution in [2.45, 2.75) is 38.3 Å². The monoisotopic (exact) mass is 399 g/mol. The van der Waals surface area contributed by atoms with Crippen molar-refractivity contribution < 1.29 is 14.8 Å². The standard InChI is InChI=1S/C20H25N5O4/c26-12-10-17-3-1-2-11-24(17)19-9-4-15(13-21-19)14-22-20(27)23-16-5-7-18(8-6-16)25(28)29/h4-9,13,17,26H,1-3,10-12,14H2,(H2,22,23,27)/t17-/m0/s1. The first-order chi connectivity index (χ1) is 14.1. The highest BCUT2D eigenvalue weighted by Gasteiger charge is 2.22. The highest BCUT2D eigenvalue weighted by atomic mass is 16.6. The Labute approximate surface area is 168 Å². The minimum absolute atomic E-state index is 0.0305. The third-order valence-corrected chi connectivity index (χ3v) is 4.98. The second-order valence-corrected chi connectivity index (χ2v) is 6.99. The number of hydrogen-bond acceptors (Lipinski definition) is 6. The van der Waals surface area contributed by atoms with E-state index >= 15 is 0 Å². The van der Waals surface area contributed by atoms with Crippen LogP contribution in [0.2, 0.25) is 0 Å². The predicted molar refractivity (Wildman–Crippen MR) is 110 cm³/mol. The van der Waals surface area contributed by atoms with Crippen LogP contribution in [0.4, 0.5) is 22.0 Å². The number of aromatic nitrogens is 1. The van der Waals surface area contributed by atoms with Crippen LogP contribution in [0.1, 0.15) is 31.2 Å². The minimum Gasteiger partial charge on any atom is -0.396 e. The van der Waals surface area contributed by atoms with Gasteiger partial charge in [0.15, 0.2) is 0 Å². The van der Waals surface area contributed by atoms with Crippen LogP contribution < -0.4 is 15.5 Å². The molecule has 154 valence electrons. The van der Waals surface area contributed by atoms with E-state index in [-0.39, 0.29) is 12.3 Å². The molecule has 0 unspecified atom stereocenters. The number of amides is 2. The first-order valence-electron chi connectivity index (χ1n) is 9.68. The number of benzene rings is 1. The molecule has 29 heavy (non-hydrogen) atoms. The Kier molecular flexibility index (Phi) is 6.96. The molecule has 1 fully saturated rings. The molecule has 2 aromatic rings. The number of nitro benzene ring substituents is 1. The Morgan fingerprint density at radius 3 is 2.69 bits per heavy atom. The number of carbonyl (C=O) groups excluding carboxylic acids is 1. The topological polar surface area (TPSA) is 121 Å². The van der Waals surface area contributed by atoms with Crippen LogP contribution in [0, 0.1) is 10.1 Å². The Morgan fingerprint density at radius 2 is 2.03 bits per heavy atom. The van der Waals surface area contributed by atoms with E-state index in [0.717, 1.165) is 37.2 Å². The summed E-state index contributed by atoms with van der Waals surface area (Å²) < 4.78 is 0. The fourth-order valence-electron chi connectivity index (χ4n) is 3.47. The minimum atomic E-state index is -0.490. The molecule has 9 nitrogen and oxygen atoms in total. The average Bonchev–Trinajstić information content (AvgIpc) is 2.74. The number of piperidine rings is 1. The van der Waals surface area contributed by atoms with E-state index in [1.165, 1.54) is 30.7 Å². The molecule has 1 atom stereocenters. The molecule has 0 aliphatic carbocycles. The molecule has 2 heterocycles. The van der Waals surface area contributed by atoms with Crippen LogP contribution in [0.15, 0.2) is 42.6 Å². The Bertz CT molecular complexity index is 824. The predicted octanol–water partition coefficient (Wildman–Crippen LogP) is 3.05. The quantitative estimate of drug-likeness (QED) is 0.486. The molecular formula is C20H25N5O4. The molecule has 0 radical (unpaired) electrons. The highest BCUT2D eigenvalue weighted by molar-refractivity contribution is 5.89. The first-order valence-corrected chi connectivity index (χ1v) is 9.68. The second kappa shape index (κ2) is 9.83. The Balaban J connectivity index is 1.51. The van der Waals surface area contributed by atoms with Gasteiger partial charge in [0.2, 0.25) is 0 Å². The molecule has 1 aliphatic rings. The lowest BCUT2D eigenvalue weighted by molar-refractivity contribution is -0.384. The van der Waals surface area contributed by atoms with E-state index < -0.39 is 11.0 Å². The zero-order chi connectivity index (χ0) is 20.6. The van der Waals surface area contributed by atoms with Crippen LogP contribution in [-0.4, -0.2) is 40.2 Å². The molecular weight excluding hydrogens is 374 g/mol. The molecule has 1 saturated heterocycles. The smallest absolute Gasteiger partial charge is 0.319 e. The van der Waals surface area contributed by atoms with Crippen LogP contribution >= 0.6 is 0 Å². The lowest BCUT2D eigenvalue weighted by Gasteiger charge is -2.36. The van der Waals surface area contributed by atoms with Gasteiger partial charge in [0, 0.05) is 49.8 Å². The number of rotatable bonds is 7. The maximum absolute atomic E-state index is 12.0. The van der Waals surface area contributed by atoms with Crippen molar-refractivity contribution in [2.75, 3.05) is 23.4 Å². The summed E-state index contributed by atoms with van der Waals surface area (Å²) in [6.45, 7) is 1.42. The van der Waals surface area contributed by atoms with E-state index in [2.05, 4.69) is 20.5 Å². The van der Waals surface area contributed by atoms with Gasteiger partial charge in [-0.2, -0.15) is 0 Å². The molecule has 1 aromatic carbocycles. The molecule has 3 rings (SSSR count). The van der Waals surface area contributed by atoms with E-state index in [4.69, 9.17) is 0 Å². The zero-order valence-electron chi connectivity index (χ0n) is 16.1. The van der Waals surface area contributed by atoms with Gasteiger partial charge in [-0.25, -0.2) is 9.78 Å². The fraction of sp³-hybridized carbons (Fsp3) is 0.400. The van der Waals surface area contributed by atoms with Crippen molar-refractivity contribution >= 4 is 23.2 Å². The third kappa shape index (κ3) is 5.64. The Morgan fingerprint density at radius 1 is 1.24 bits per heavy atom. The zero-order valence-corrected chi connectivity index (χ0v) is 16.1. The largest absolute Gasteiger partial charge is 0.396 e. The SMILES string of the molecule is O=C(NCc1ccc(N2CCCC[C@H]2CCO)nc1)Nc1ccc([N+](=O)[O-])cc1. The number of nitrogens with one attached hydrogen (secondary N) is 2. The number of nitro groups is 1. The second-order valence-electron chi connectivity index (χ2n) is 6.99. The van der Waals surface area contributed by atoms with Gasteiger partial charge < -0.3 is 20.6 Å². The number of nitrogens with zero attached hydrogens (tertiary/aromatic N) is 3. The van der Waals surface area contributed by atoms with Crippen LogP contribution in [0.5, 0.6) is 0 Å². The molecule has 2 amide bonds. The van der Waals surface area contributed by atoms with E-state index in [1.807, 2.05) is 12.1 Å². The van der Waals surface area contributed by atoms with Crippen molar-refractivity contribution in [3.63, 3.8) is 0 Å². The lowest BCUT2D eigenvalue weighted by Crippen LogP contribution is -2.40. The summed E-state index contributed by atoms with van der Waals surface area (Å²) in [4.78, 5) is 29.0. The molecule has 0 spiro atoms. The third-order valence-electron chi connectivity index (χ3n) is 4.98. The summed E-state index contributed by atoms with van der Waals surface area (Å²) in [5.74, 6) is 0.891. The van der Waals surface area contributed by atoms with E-state index in [9.17, 15) is 20.0 Å². The van der Waals surface area contributed by atoms with Crippen molar-refractivity contribution in [3.8, 4) is 0 Å². The van der Waals surface area contributed by atoms with Crippen LogP contribution in [0.25, 0.3) is 0 Å². The van der Waals surface area contributed by atoms with Crippen molar-refractivity contribution in [1.29, 1.82) is 0 Å². The highest BCUT2D eigenvalue weighted by Crippen LogP contribution is 2.25. The van der Waals surface area contributed by atoms with Crippen molar-refractivity contribution in [2.24, 2.45) is 0 Å². The normalized spacial score (nSPS) is 16.3. The first kappa shape index (κ1) is 20.5. The number of aliphatic hydroxyl groups is 1. The summed E-state index contributed by atoms with van der Waals surface area (Å²) in [6, 6.07) is 9.43. The number of carbonyl (C=O) groups is 1. The van der Waals surface area contributed by atoms with Gasteiger partial charge in [-0.05, 0) is 49.4 Å². The summed E-state index contributed by atoms with van der Waals surface area (Å²) in [5.41, 5.74) is 1.31. The van der Waals surface area contributed by atoms with E-state index in [0.29, 0.717) is 18.3 Å². The lowest BCUT2D eigenvalue weighted by atomic mass is 9.99. The van der Waals surface area contributed by atoms with Gasteiger partial charge in [-0.15, -0.1) is 0 Å². The van der Waals surface area contributed by atoms with E-state index in [1.54, 1.807) is 6.20 Å². The molecule has 1 aliphatic heterocycles. The number of urea groups is 1. The summed E-state index contributed by atoms with van der Waals surface area (Å²) in [7, 11) is 0. The maximum atomic E-state index is 12.0. The van der Waals surface area contributed by atoms with Crippen LogP contribution in [0.3, 0.4) is 0 Å². The maximum Gasteiger partial charge on any atom is 0.319 e.